The van der Waals surface area contributed by atoms with E-state index >= 15 is 0 Å². The Morgan fingerprint density at radius 2 is 0.607 bits per heavy atom. The van der Waals surface area contributed by atoms with E-state index in [9.17, 15) is 82.2 Å². The summed E-state index contributed by atoms with van der Waals surface area (Å²) in [6, 6.07) is 0. The highest BCUT2D eigenvalue weighted by Gasteiger charge is 2.52. The van der Waals surface area contributed by atoms with Gasteiger partial charge in [0.2, 0.25) is 5.95 Å². The van der Waals surface area contributed by atoms with Crippen LogP contribution in [0.2, 0.25) is 0 Å². The van der Waals surface area contributed by atoms with Crippen molar-refractivity contribution in [3.63, 3.8) is 0 Å². The number of ether oxygens (including phenoxy) is 7. The number of nitrogen functional groups attached to an aromatic ring is 3. The van der Waals surface area contributed by atoms with Crippen LogP contribution < -0.4 is 73.4 Å². The Balaban J connectivity index is 0.611. The quantitative estimate of drug-likeness (QED) is 0.0226. The number of nitrogens with one attached hydrogen (secondary N) is 5. The van der Waals surface area contributed by atoms with Gasteiger partial charge in [-0.15, -0.1) is 0 Å². The zero-order chi connectivity index (χ0) is 105. The molecule has 7 aliphatic heterocycles. The molecule has 0 aliphatic carbocycles. The molecule has 7 unspecified atom stereocenters. The Kier molecular flexibility index (Phi) is 34.1. The van der Waals surface area contributed by atoms with Crippen LogP contribution in [0.3, 0.4) is 0 Å². The van der Waals surface area contributed by atoms with Crippen LogP contribution in [-0.2, 0) is 179 Å². The Hall–Kier alpha value is -6.67. The van der Waals surface area contributed by atoms with Crippen molar-refractivity contribution in [2.45, 2.75) is 222 Å². The van der Waals surface area contributed by atoms with Gasteiger partial charge in [-0.25, -0.2) is 43.9 Å². The van der Waals surface area contributed by atoms with Gasteiger partial charge in [0.1, 0.15) is 97.9 Å². The highest BCUT2D eigenvalue weighted by molar-refractivity contribution is 8.09. The number of nitrogens with zero attached hydrogens (tertiary/aromatic N) is 13. The molecule has 73 heteroatoms. The third-order valence-electron chi connectivity index (χ3n) is 24.0. The molecular weight excluding hydrogens is 2210 g/mol. The van der Waals surface area contributed by atoms with E-state index in [0.29, 0.717) is 12.0 Å². The second-order valence-corrected chi connectivity index (χ2v) is 53.6. The molecule has 0 aromatic carbocycles. The number of anilines is 3. The number of nitrogens with two attached hydrogens (primary N) is 3. The maximum absolute atomic E-state index is 13.6. The van der Waals surface area contributed by atoms with Crippen LogP contribution in [0.25, 0.3) is 22.3 Å². The Bertz CT molecular complexity index is 7460. The predicted molar refractivity (Wildman–Crippen MR) is 527 cm³/mol. The standard InChI is InChI=1S/C72H96N21O38P7S7/c1-8-35-36(9-49(118-35)88-17-31(3)62(94)83-69(88)100)126-133(105,140)112-22-44-38(11-51(120-44)89-18-32(4)63(95)84-70(89)101)127-134(106,141)114-23-45-39(12-52(121-45)90-19-33(5)64(96)85-71(90)102)128-135(107,142)115-24-46-40(13-53(122-46)91-20-34(6)65(97)86-72(91)103)129-136(108,143)117-26-48-42(15-55(124-48)93-29-79-57-61(93)81-67(75)82-66(57)98)131-138(110,145)116-25-47-41(14-54(123-47)92-28-78-56-59(74)76-27-77-60(56)92)130-137(109,144)113-21-43-37(125-132(104,139)111-7)10-50(119-43)87-16-30(2)58(73)80-68(87)99/h16-20,27-29,35-55H,8-15,21-26H2,1-7H3,(H,104,139)(H,105,140)(H,106,141)(H,107,142)(H,108,143)(H,109,144)(H,110,145)(H2,73,80,99)(H2,74,76,77)(H,83,94,100)(H,84,95,101)(H,85,96,102)(H,86,97,103)(H3,75,81,82,98)/t35-,36-,37-,38-,39-,40-,41-,42-,43-,44-,45-,46-,47-,48-,49-,50-,51-,52-,53-,54-,55-,132?,133?,134?,135?,136?,137?,138?/m1/s1. The summed E-state index contributed by atoms with van der Waals surface area (Å²) in [6.07, 6.45) is -19.1. The van der Waals surface area contributed by atoms with Crippen LogP contribution >= 0.6 is 47.0 Å². The van der Waals surface area contributed by atoms with E-state index in [1.165, 1.54) is 74.4 Å². The van der Waals surface area contributed by atoms with Gasteiger partial charge in [-0.3, -0.25) is 80.9 Å². The first kappa shape index (κ1) is 111. The number of aromatic nitrogens is 18. The largest absolute Gasteiger partial charge is 0.383 e. The van der Waals surface area contributed by atoms with Crippen LogP contribution in [0.4, 0.5) is 17.6 Å². The molecule has 7 aliphatic rings. The van der Waals surface area contributed by atoms with E-state index in [-0.39, 0.29) is 94.3 Å². The summed E-state index contributed by atoms with van der Waals surface area (Å²) in [7, 11) is 1.12. The maximum atomic E-state index is 13.6. The van der Waals surface area contributed by atoms with Crippen molar-refractivity contribution in [2.24, 2.45) is 0 Å². The smallest absolute Gasteiger partial charge is 0.351 e. The fourth-order valence-corrected chi connectivity index (χ4v) is 26.6. The van der Waals surface area contributed by atoms with E-state index in [4.69, 9.17) is 196 Å². The zero-order valence-electron chi connectivity index (χ0n) is 76.5. The molecular formula is C72H96N21O38P7S7. The van der Waals surface area contributed by atoms with E-state index in [1.54, 1.807) is 13.8 Å². The lowest BCUT2D eigenvalue weighted by atomic mass is 10.1. The number of aromatic amines is 5. The number of fused-ring (bicyclic) bond motifs is 2. The molecule has 0 bridgehead atoms. The second kappa shape index (κ2) is 44.6. The van der Waals surface area contributed by atoms with Crippen LogP contribution in [0.5, 0.6) is 0 Å². The number of rotatable bonds is 41. The highest BCUT2D eigenvalue weighted by atomic mass is 32.5. The molecule has 0 spiro atoms. The molecule has 794 valence electrons. The molecule has 18 N–H and O–H groups in total. The van der Waals surface area contributed by atoms with Gasteiger partial charge in [0, 0.05) is 111 Å². The lowest BCUT2D eigenvalue weighted by Gasteiger charge is -2.29. The van der Waals surface area contributed by atoms with Crippen LogP contribution in [0, 0.1) is 34.6 Å². The molecule has 9 aromatic rings. The average molecular weight is 2300 g/mol. The molecule has 28 atom stereocenters. The fraction of sp³-hybridized carbons (Fsp3) is 0.583. The zero-order valence-corrected chi connectivity index (χ0v) is 88.4. The van der Waals surface area contributed by atoms with Gasteiger partial charge >= 0.3 is 75.5 Å². The molecule has 16 rings (SSSR count). The Labute approximate surface area is 849 Å². The monoisotopic (exact) mass is 2300 g/mol. The van der Waals surface area contributed by atoms with Crippen LogP contribution in [0.15, 0.2) is 97.9 Å². The van der Waals surface area contributed by atoms with Gasteiger partial charge < -0.3 is 148 Å². The first-order valence-corrected chi connectivity index (χ1v) is 61.7. The topological polar surface area (TPSA) is 775 Å². The first-order chi connectivity index (χ1) is 68.2. The van der Waals surface area contributed by atoms with Gasteiger partial charge in [0.25, 0.3) is 27.8 Å². The summed E-state index contributed by atoms with van der Waals surface area (Å²) >= 11 is 38.9. The van der Waals surface area contributed by atoms with E-state index in [2.05, 4.69) is 54.8 Å². The fourth-order valence-electron chi connectivity index (χ4n) is 16.8. The number of aryl methyl sites for hydroxylation is 5. The van der Waals surface area contributed by atoms with Crippen molar-refractivity contribution in [3.8, 4) is 0 Å². The minimum absolute atomic E-state index is 0.00489. The number of imidazole rings is 2. The number of H-pyrrole nitrogens is 5. The second-order valence-electron chi connectivity index (χ2n) is 34.0. The number of hydrogen-bond donors (Lipinski definition) is 15. The molecule has 0 radical (unpaired) electrons. The van der Waals surface area contributed by atoms with Crippen molar-refractivity contribution >= 4 is 170 Å². The molecule has 7 saturated heterocycles. The molecule has 145 heavy (non-hydrogen) atoms. The van der Waals surface area contributed by atoms with Crippen molar-refractivity contribution in [2.75, 3.05) is 64.0 Å². The maximum Gasteiger partial charge on any atom is 0.351 e. The van der Waals surface area contributed by atoms with Crippen LogP contribution in [0.1, 0.15) is 130 Å². The average Bonchev–Trinajstić information content (AvgIpc) is 1.62. The van der Waals surface area contributed by atoms with Crippen molar-refractivity contribution in [3.05, 3.63) is 182 Å². The molecule has 9 aromatic heterocycles. The third kappa shape index (κ3) is 26.3. The number of hydrogen-bond acceptors (Lipinski definition) is 47. The van der Waals surface area contributed by atoms with Crippen LogP contribution in [-0.4, -0.2) is 253 Å². The molecule has 0 amide bonds. The Morgan fingerprint density at radius 1 is 0.338 bits per heavy atom. The Morgan fingerprint density at radius 3 is 0.917 bits per heavy atom. The van der Waals surface area contributed by atoms with Gasteiger partial charge in [-0.1, -0.05) is 6.92 Å². The first-order valence-electron chi connectivity index (χ1n) is 43.5. The molecule has 59 nitrogen and oxygen atoms in total. The summed E-state index contributed by atoms with van der Waals surface area (Å²) in [5.41, 5.74) is 10.8. The molecule has 0 saturated carbocycles. The van der Waals surface area contributed by atoms with E-state index in [1.807, 2.05) is 0 Å². The normalized spacial score (nSPS) is 29.5. The van der Waals surface area contributed by atoms with Gasteiger partial charge in [0.15, 0.2) is 22.6 Å². The summed E-state index contributed by atoms with van der Waals surface area (Å²) in [5, 5.41) is 0. The van der Waals surface area contributed by atoms with Crippen molar-refractivity contribution in [1.82, 2.24) is 86.8 Å². The van der Waals surface area contributed by atoms with Crippen molar-refractivity contribution < 1.29 is 131 Å². The summed E-state index contributed by atoms with van der Waals surface area (Å²) in [6.45, 7) is -27.4. The predicted octanol–water partition coefficient (Wildman–Crippen LogP) is 0.0884. The minimum atomic E-state index is -4.79. The van der Waals surface area contributed by atoms with Gasteiger partial charge in [-0.05, 0) is 124 Å². The summed E-state index contributed by atoms with van der Waals surface area (Å²) < 4.78 is 136. The molecule has 16 heterocycles. The van der Waals surface area contributed by atoms with Gasteiger partial charge in [0.05, 0.1) is 101 Å². The van der Waals surface area contributed by atoms with E-state index in [0.717, 1.165) is 42.3 Å². The molecule has 7 fully saturated rings. The summed E-state index contributed by atoms with van der Waals surface area (Å²) in [4.78, 5) is 249. The lowest BCUT2D eigenvalue weighted by molar-refractivity contribution is -0.0575. The third-order valence-corrected chi connectivity index (χ3v) is 35.2. The van der Waals surface area contributed by atoms with E-state index < -0.39 is 285 Å². The minimum Gasteiger partial charge on any atom is -0.383 e. The van der Waals surface area contributed by atoms with Crippen molar-refractivity contribution in [1.29, 1.82) is 0 Å². The lowest BCUT2D eigenvalue weighted by Crippen LogP contribution is -2.33. The summed E-state index contributed by atoms with van der Waals surface area (Å²) in [5.74, 6) is -0.365. The SMILES string of the molecule is CC[C@H]1O[C@@H](n2cc(C)c(=O)[nH]c2=O)C[C@H]1OP(O)(=S)OC[C@H]1O[C@@H](n2cc(C)c(=O)[nH]c2=O)C[C@H]1OP(O)(=S)OC[C@H]1O[C@@H](n2cc(C)c(=O)[nH]c2=O)C[C@H]1OP(O)(=S)OC[C@H]1O[C@@H](n2cc(C)c(=O)[nH]c2=O)C[C@H]1OP(O)(=S)OC[C@H]1O[C@@H](n2cnc3c(=O)[nH]c(N)nc32)C[C@H]1OP(O)(=S)OC[C@H]1O[C@@H](n2cnc3c(N)ncnc32)C[C@H]1OP(O)(=S)OC[C@H]1O[C@@H](n2cc(C)c(N)nc2=O)C[C@H]1OP(O)(=S)OC. The highest BCUT2D eigenvalue weighted by Crippen LogP contribution is 2.59. The van der Waals surface area contributed by atoms with Gasteiger partial charge in [-0.2, -0.15) is 9.97 Å².